The largest absolute Gasteiger partial charge is 0.427 e. The number of aliphatic hydroxyl groups excluding tert-OH is 8. The molecule has 2 aliphatic heterocycles. The first-order valence-electron chi connectivity index (χ1n) is 17.8. The van der Waals surface area contributed by atoms with Gasteiger partial charge in [0.25, 0.3) is 5.79 Å². The number of hydrogen-bond acceptors (Lipinski definition) is 13. The van der Waals surface area contributed by atoms with E-state index in [0.717, 1.165) is 32.1 Å². The molecule has 8 N–H and O–H groups in total. The number of unbranched alkanes of at least 4 members (excludes halogenated alkanes) is 15. The Morgan fingerprint density at radius 3 is 1.77 bits per heavy atom. The van der Waals surface area contributed by atoms with Crippen LogP contribution in [-0.4, -0.2) is 121 Å². The lowest BCUT2D eigenvalue weighted by Crippen LogP contribution is -2.69. The number of ether oxygens (including phenoxy) is 4. The SMILES string of the molecule is CCCCCCCC/C=C\CCCCCCCCCCCC(=O)O[C@@]1(CO)O[C@H](O[C@H]2[C@H](O)[C@@H](O)[C@H](O)O[C@@H]2CO)[C@H](O)[C@H](O)[C@H]1O. The van der Waals surface area contributed by atoms with E-state index >= 15 is 0 Å². The number of rotatable bonds is 24. The van der Waals surface area contributed by atoms with Crippen molar-refractivity contribution in [1.29, 1.82) is 0 Å². The fraction of sp³-hybridized carbons (Fsp3) is 0.912. The summed E-state index contributed by atoms with van der Waals surface area (Å²) in [7, 11) is 0. The molecule has 2 saturated heterocycles. The average Bonchev–Trinajstić information content (AvgIpc) is 3.06. The van der Waals surface area contributed by atoms with Crippen molar-refractivity contribution in [2.75, 3.05) is 13.2 Å². The average molecular weight is 679 g/mol. The van der Waals surface area contributed by atoms with Gasteiger partial charge in [-0.05, 0) is 32.1 Å². The molecule has 47 heavy (non-hydrogen) atoms. The highest BCUT2D eigenvalue weighted by molar-refractivity contribution is 5.69. The molecular formula is C34H62O13. The van der Waals surface area contributed by atoms with Crippen LogP contribution in [0.3, 0.4) is 0 Å². The van der Waals surface area contributed by atoms with Gasteiger partial charge in [-0.3, -0.25) is 4.79 Å². The Kier molecular flexibility index (Phi) is 20.7. The molecule has 2 rings (SSSR count). The van der Waals surface area contributed by atoms with Crippen LogP contribution in [0.5, 0.6) is 0 Å². The van der Waals surface area contributed by atoms with Gasteiger partial charge in [0.05, 0.1) is 6.61 Å². The van der Waals surface area contributed by atoms with E-state index in [9.17, 15) is 45.6 Å². The Morgan fingerprint density at radius 1 is 0.702 bits per heavy atom. The first kappa shape index (κ1) is 41.9. The number of aliphatic hydroxyl groups is 8. The molecule has 0 amide bonds. The minimum absolute atomic E-state index is 0.0414. The lowest BCUT2D eigenvalue weighted by molar-refractivity contribution is -0.416. The third kappa shape index (κ3) is 13.9. The maximum atomic E-state index is 12.6. The summed E-state index contributed by atoms with van der Waals surface area (Å²) in [6, 6.07) is 0. The second kappa shape index (κ2) is 23.2. The number of esters is 1. The zero-order chi connectivity index (χ0) is 34.7. The van der Waals surface area contributed by atoms with Gasteiger partial charge < -0.3 is 59.8 Å². The molecule has 0 unspecified atom stereocenters. The van der Waals surface area contributed by atoms with Crippen LogP contribution in [0.4, 0.5) is 0 Å². The lowest BCUT2D eigenvalue weighted by Gasteiger charge is -2.48. The summed E-state index contributed by atoms with van der Waals surface area (Å²) < 4.78 is 21.2. The molecular weight excluding hydrogens is 616 g/mol. The highest BCUT2D eigenvalue weighted by atomic mass is 16.8. The van der Waals surface area contributed by atoms with E-state index in [-0.39, 0.29) is 6.42 Å². The Balaban J connectivity index is 1.64. The molecule has 13 nitrogen and oxygen atoms in total. The van der Waals surface area contributed by atoms with E-state index in [1.54, 1.807) is 0 Å². The van der Waals surface area contributed by atoms with Crippen LogP contribution in [0, 0.1) is 0 Å². The lowest BCUT2D eigenvalue weighted by atomic mass is 9.95. The van der Waals surface area contributed by atoms with Crippen molar-refractivity contribution in [1.82, 2.24) is 0 Å². The van der Waals surface area contributed by atoms with Crippen molar-refractivity contribution >= 4 is 5.97 Å². The second-order valence-electron chi connectivity index (χ2n) is 12.9. The highest BCUT2D eigenvalue weighted by Gasteiger charge is 2.58. The molecule has 10 atom stereocenters. The first-order valence-corrected chi connectivity index (χ1v) is 17.8. The summed E-state index contributed by atoms with van der Waals surface area (Å²) in [6.45, 7) is 0.371. The first-order chi connectivity index (χ1) is 22.6. The normalized spacial score (nSPS) is 33.0. The van der Waals surface area contributed by atoms with Crippen LogP contribution < -0.4 is 0 Å². The summed E-state index contributed by atoms with van der Waals surface area (Å²) in [6.07, 6.45) is 7.84. The molecule has 0 aromatic heterocycles. The van der Waals surface area contributed by atoms with Crippen LogP contribution >= 0.6 is 0 Å². The van der Waals surface area contributed by atoms with Crippen LogP contribution in [0.15, 0.2) is 12.2 Å². The predicted octanol–water partition coefficient (Wildman–Crippen LogP) is 2.07. The Bertz CT molecular complexity index is 858. The summed E-state index contributed by atoms with van der Waals surface area (Å²) >= 11 is 0. The molecule has 0 spiro atoms. The minimum Gasteiger partial charge on any atom is -0.427 e. The molecule has 0 aromatic rings. The van der Waals surface area contributed by atoms with Crippen molar-refractivity contribution in [2.45, 2.75) is 184 Å². The fourth-order valence-corrected chi connectivity index (χ4v) is 5.98. The smallest absolute Gasteiger partial charge is 0.308 e. The summed E-state index contributed by atoms with van der Waals surface area (Å²) in [5.74, 6) is -3.31. The molecule has 0 aromatic carbocycles. The van der Waals surface area contributed by atoms with Crippen molar-refractivity contribution in [3.63, 3.8) is 0 Å². The van der Waals surface area contributed by atoms with Gasteiger partial charge in [-0.15, -0.1) is 0 Å². The molecule has 0 radical (unpaired) electrons. The van der Waals surface area contributed by atoms with Gasteiger partial charge in [-0.2, -0.15) is 0 Å². The van der Waals surface area contributed by atoms with E-state index in [4.69, 9.17) is 18.9 Å². The van der Waals surface area contributed by atoms with Crippen LogP contribution in [0.2, 0.25) is 0 Å². The standard InChI is InChI=1S/C34H62O13/c1-2-3-4-5-6-7-8-9-10-11-12-13-14-15-16-17-18-19-20-21-25(37)46-34(23-36)31(42)27(39)29(41)33(47-34)45-30-24(22-35)44-32(43)28(40)26(30)38/h9-10,24,26-33,35-36,38-43H,2-8,11-23H2,1H3/b10-9-/t24-,26-,27+,28-,29-,30-,31-,32-,33+,34+/m1/s1. The maximum absolute atomic E-state index is 12.6. The van der Waals surface area contributed by atoms with E-state index < -0.39 is 80.3 Å². The Morgan fingerprint density at radius 2 is 1.23 bits per heavy atom. The van der Waals surface area contributed by atoms with Gasteiger partial charge in [-0.25, -0.2) is 0 Å². The molecule has 2 fully saturated rings. The molecule has 0 aliphatic carbocycles. The Labute approximate surface area is 279 Å². The van der Waals surface area contributed by atoms with Crippen molar-refractivity contribution in [3.8, 4) is 0 Å². The monoisotopic (exact) mass is 678 g/mol. The predicted molar refractivity (Wildman–Crippen MR) is 172 cm³/mol. The van der Waals surface area contributed by atoms with Gasteiger partial charge in [0, 0.05) is 6.42 Å². The van der Waals surface area contributed by atoms with Gasteiger partial charge in [0.1, 0.15) is 43.2 Å². The van der Waals surface area contributed by atoms with Crippen LogP contribution in [0.1, 0.15) is 122 Å². The van der Waals surface area contributed by atoms with Crippen molar-refractivity contribution in [3.05, 3.63) is 12.2 Å². The molecule has 0 saturated carbocycles. The summed E-state index contributed by atoms with van der Waals surface area (Å²) in [4.78, 5) is 12.6. The quantitative estimate of drug-likeness (QED) is 0.0417. The minimum atomic E-state index is -2.50. The van der Waals surface area contributed by atoms with E-state index in [1.807, 2.05) is 0 Å². The van der Waals surface area contributed by atoms with Crippen molar-refractivity contribution in [2.24, 2.45) is 0 Å². The number of allylic oxidation sites excluding steroid dienone is 2. The number of carbonyl (C=O) groups is 1. The van der Waals surface area contributed by atoms with Crippen LogP contribution in [0.25, 0.3) is 0 Å². The Hall–Kier alpha value is -1.23. The topological polar surface area (TPSA) is 216 Å². The molecule has 0 bridgehead atoms. The van der Waals surface area contributed by atoms with Crippen molar-refractivity contribution < 1.29 is 64.6 Å². The van der Waals surface area contributed by atoms with Gasteiger partial charge in [0.2, 0.25) is 0 Å². The fourth-order valence-electron chi connectivity index (χ4n) is 5.98. The molecule has 276 valence electrons. The third-order valence-electron chi connectivity index (χ3n) is 9.00. The van der Waals surface area contributed by atoms with E-state index in [0.29, 0.717) is 6.42 Å². The van der Waals surface area contributed by atoms with Gasteiger partial charge in [-0.1, -0.05) is 96.1 Å². The van der Waals surface area contributed by atoms with Gasteiger partial charge >= 0.3 is 5.97 Å². The van der Waals surface area contributed by atoms with E-state index in [2.05, 4.69) is 19.1 Å². The zero-order valence-electron chi connectivity index (χ0n) is 28.1. The van der Waals surface area contributed by atoms with Gasteiger partial charge in [0.15, 0.2) is 18.7 Å². The molecule has 2 aliphatic rings. The zero-order valence-corrected chi connectivity index (χ0v) is 28.1. The summed E-state index contributed by atoms with van der Waals surface area (Å²) in [5, 5.41) is 81.1. The number of hydrogen-bond donors (Lipinski definition) is 8. The van der Waals surface area contributed by atoms with Crippen LogP contribution in [-0.2, 0) is 23.7 Å². The second-order valence-corrected chi connectivity index (χ2v) is 12.9. The highest BCUT2D eigenvalue weighted by Crippen LogP contribution is 2.34. The molecule has 2 heterocycles. The molecule has 13 heteroatoms. The maximum Gasteiger partial charge on any atom is 0.308 e. The summed E-state index contributed by atoms with van der Waals surface area (Å²) in [5.41, 5.74) is 0. The number of carbonyl (C=O) groups excluding carboxylic acids is 1. The third-order valence-corrected chi connectivity index (χ3v) is 9.00. The van der Waals surface area contributed by atoms with E-state index in [1.165, 1.54) is 70.6 Å².